The van der Waals surface area contributed by atoms with Crippen LogP contribution in [0.4, 0.5) is 10.3 Å². The van der Waals surface area contributed by atoms with Crippen LogP contribution in [0.1, 0.15) is 22.8 Å². The maximum atomic E-state index is 13.1. The van der Waals surface area contributed by atoms with Gasteiger partial charge in [-0.05, 0) is 51.1 Å². The van der Waals surface area contributed by atoms with E-state index < -0.39 is 0 Å². The van der Waals surface area contributed by atoms with Crippen LogP contribution in [0.2, 0.25) is 0 Å². The first-order chi connectivity index (χ1) is 11.5. The first kappa shape index (κ1) is 21.5. The first-order valence-electron chi connectivity index (χ1n) is 7.38. The molecule has 0 unspecified atom stereocenters. The van der Waals surface area contributed by atoms with Crippen molar-refractivity contribution in [3.05, 3.63) is 58.9 Å². The molecular formula is C16H20Cl2FN7. The minimum atomic E-state index is -0.256. The Kier molecular flexibility index (Phi) is 7.17. The lowest BCUT2D eigenvalue weighted by molar-refractivity contribution is 0.627. The molecule has 0 fully saturated rings. The molecule has 1 aromatic carbocycles. The quantitative estimate of drug-likeness (QED) is 0.400. The van der Waals surface area contributed by atoms with E-state index >= 15 is 0 Å². The molecule has 0 aliphatic carbocycles. The highest BCUT2D eigenvalue weighted by Crippen LogP contribution is 2.20. The molecule has 2 aromatic heterocycles. The van der Waals surface area contributed by atoms with Gasteiger partial charge in [0.25, 0.3) is 5.95 Å². The van der Waals surface area contributed by atoms with Gasteiger partial charge in [-0.15, -0.1) is 35.0 Å². The molecule has 0 aliphatic rings. The number of nitrogens with one attached hydrogen (secondary N) is 1. The first-order valence-corrected chi connectivity index (χ1v) is 7.38. The van der Waals surface area contributed by atoms with Crippen molar-refractivity contribution in [2.45, 2.75) is 20.8 Å². The van der Waals surface area contributed by atoms with E-state index in [1.54, 1.807) is 25.3 Å². The van der Waals surface area contributed by atoms with Crippen molar-refractivity contribution in [3.8, 4) is 5.69 Å². The highest BCUT2D eigenvalue weighted by atomic mass is 35.5. The van der Waals surface area contributed by atoms with Gasteiger partial charge < -0.3 is 10.4 Å². The van der Waals surface area contributed by atoms with E-state index in [-0.39, 0.29) is 30.6 Å². The van der Waals surface area contributed by atoms with E-state index in [0.29, 0.717) is 11.8 Å². The van der Waals surface area contributed by atoms with Gasteiger partial charge in [0.2, 0.25) is 0 Å². The molecule has 0 saturated heterocycles. The standard InChI is InChI=1S/C16H18FN7.2ClH/c1-10-8-13(9-19-21-16-22-20-12(3)24(16)18)11(2)23(10)15-6-4-14(17)5-7-15;;/h4-9H,18H2,1-3H3,(H,21,22);2*1H. The zero-order valence-corrected chi connectivity index (χ0v) is 16.1. The number of nitrogen functional groups attached to an aromatic ring is 1. The summed E-state index contributed by atoms with van der Waals surface area (Å²) in [4.78, 5) is 0. The zero-order valence-electron chi connectivity index (χ0n) is 14.5. The summed E-state index contributed by atoms with van der Waals surface area (Å²) >= 11 is 0. The molecule has 10 heteroatoms. The second-order valence-corrected chi connectivity index (χ2v) is 5.45. The normalized spacial score (nSPS) is 10.5. The number of nitrogens with two attached hydrogens (primary N) is 1. The maximum Gasteiger partial charge on any atom is 0.263 e. The zero-order chi connectivity index (χ0) is 17.3. The van der Waals surface area contributed by atoms with Gasteiger partial charge in [0.1, 0.15) is 5.82 Å². The third kappa shape index (κ3) is 4.14. The summed E-state index contributed by atoms with van der Waals surface area (Å²) < 4.78 is 16.5. The molecule has 0 amide bonds. The van der Waals surface area contributed by atoms with E-state index in [1.165, 1.54) is 16.8 Å². The summed E-state index contributed by atoms with van der Waals surface area (Å²) in [7, 11) is 0. The van der Waals surface area contributed by atoms with Gasteiger partial charge in [-0.1, -0.05) is 0 Å². The summed E-state index contributed by atoms with van der Waals surface area (Å²) in [6.07, 6.45) is 1.69. The van der Waals surface area contributed by atoms with E-state index in [2.05, 4.69) is 20.7 Å². The number of benzene rings is 1. The summed E-state index contributed by atoms with van der Waals surface area (Å²) in [5.41, 5.74) is 6.62. The molecule has 26 heavy (non-hydrogen) atoms. The van der Waals surface area contributed by atoms with Gasteiger partial charge in [0.15, 0.2) is 5.82 Å². The van der Waals surface area contributed by atoms with Crippen molar-refractivity contribution in [2.75, 3.05) is 11.3 Å². The van der Waals surface area contributed by atoms with Gasteiger partial charge >= 0.3 is 0 Å². The number of hydrazone groups is 1. The molecule has 3 aromatic rings. The Morgan fingerprint density at radius 3 is 2.35 bits per heavy atom. The predicted molar refractivity (Wildman–Crippen MR) is 106 cm³/mol. The molecule has 0 saturated carbocycles. The number of rotatable bonds is 4. The van der Waals surface area contributed by atoms with Crippen molar-refractivity contribution in [3.63, 3.8) is 0 Å². The Hall–Kier alpha value is -2.58. The van der Waals surface area contributed by atoms with Gasteiger partial charge in [-0.3, -0.25) is 0 Å². The van der Waals surface area contributed by atoms with Gasteiger partial charge in [-0.2, -0.15) is 5.10 Å². The number of hydrogen-bond donors (Lipinski definition) is 2. The number of aromatic nitrogens is 4. The molecule has 0 bridgehead atoms. The summed E-state index contributed by atoms with van der Waals surface area (Å²) in [5, 5.41) is 11.9. The van der Waals surface area contributed by atoms with Crippen molar-refractivity contribution in [2.24, 2.45) is 5.10 Å². The van der Waals surface area contributed by atoms with Crippen molar-refractivity contribution in [1.29, 1.82) is 0 Å². The Labute approximate surface area is 162 Å². The summed E-state index contributed by atoms with van der Waals surface area (Å²) in [6.45, 7) is 5.71. The minimum Gasteiger partial charge on any atom is -0.335 e. The minimum absolute atomic E-state index is 0. The molecule has 2 heterocycles. The lowest BCUT2D eigenvalue weighted by Gasteiger charge is -2.09. The fourth-order valence-corrected chi connectivity index (χ4v) is 2.51. The van der Waals surface area contributed by atoms with E-state index in [0.717, 1.165) is 22.6 Å². The molecule has 140 valence electrons. The van der Waals surface area contributed by atoms with Crippen LogP contribution in [-0.4, -0.2) is 25.7 Å². The van der Waals surface area contributed by atoms with Crippen molar-refractivity contribution < 1.29 is 4.39 Å². The van der Waals surface area contributed by atoms with Crippen molar-refractivity contribution in [1.82, 2.24) is 19.4 Å². The van der Waals surface area contributed by atoms with Gasteiger partial charge in [0.05, 0.1) is 6.21 Å². The molecule has 0 aliphatic heterocycles. The fraction of sp³-hybridized carbons (Fsp3) is 0.188. The van der Waals surface area contributed by atoms with Crippen molar-refractivity contribution >= 4 is 37.0 Å². The van der Waals surface area contributed by atoms with Crippen LogP contribution in [-0.2, 0) is 0 Å². The number of halogens is 3. The molecule has 7 nitrogen and oxygen atoms in total. The second-order valence-electron chi connectivity index (χ2n) is 5.45. The van der Waals surface area contributed by atoms with E-state index in [9.17, 15) is 4.39 Å². The molecule has 0 atom stereocenters. The van der Waals surface area contributed by atoms with Crippen LogP contribution in [0, 0.1) is 26.6 Å². The number of anilines is 1. The van der Waals surface area contributed by atoms with Gasteiger partial charge in [-0.25, -0.2) is 14.5 Å². The van der Waals surface area contributed by atoms with Crippen LogP contribution in [0.3, 0.4) is 0 Å². The molecular weight excluding hydrogens is 380 g/mol. The average molecular weight is 400 g/mol. The Balaban J connectivity index is 0.00000169. The smallest absolute Gasteiger partial charge is 0.263 e. The van der Waals surface area contributed by atoms with Gasteiger partial charge in [0, 0.05) is 22.6 Å². The molecule has 0 radical (unpaired) electrons. The van der Waals surface area contributed by atoms with Crippen LogP contribution in [0.5, 0.6) is 0 Å². The monoisotopic (exact) mass is 399 g/mol. The SMILES string of the molecule is Cc1nnc(NN=Cc2cc(C)n(-c3ccc(F)cc3)c2C)n1N.Cl.Cl. The Morgan fingerprint density at radius 2 is 1.77 bits per heavy atom. The van der Waals surface area contributed by atoms with E-state index in [4.69, 9.17) is 5.84 Å². The number of hydrogen-bond acceptors (Lipinski definition) is 5. The Morgan fingerprint density at radius 1 is 1.12 bits per heavy atom. The molecule has 0 spiro atoms. The summed E-state index contributed by atoms with van der Waals surface area (Å²) in [6, 6.07) is 8.38. The maximum absolute atomic E-state index is 13.1. The van der Waals surface area contributed by atoms with Crippen LogP contribution < -0.4 is 11.3 Å². The molecule has 3 rings (SSSR count). The average Bonchev–Trinajstić information content (AvgIpc) is 3.02. The second kappa shape index (κ2) is 8.68. The van der Waals surface area contributed by atoms with Crippen LogP contribution in [0.15, 0.2) is 35.4 Å². The van der Waals surface area contributed by atoms with Crippen LogP contribution >= 0.6 is 24.8 Å². The largest absolute Gasteiger partial charge is 0.335 e. The Bertz CT molecular complexity index is 900. The summed E-state index contributed by atoms with van der Waals surface area (Å²) in [5.74, 6) is 6.44. The number of nitrogens with zero attached hydrogens (tertiary/aromatic N) is 5. The van der Waals surface area contributed by atoms with E-state index in [1.807, 2.05) is 24.5 Å². The third-order valence-electron chi connectivity index (χ3n) is 3.79. The molecule has 3 N–H and O–H groups in total. The lowest BCUT2D eigenvalue weighted by Crippen LogP contribution is -2.13. The topological polar surface area (TPSA) is 86.0 Å². The lowest BCUT2D eigenvalue weighted by atomic mass is 10.2. The predicted octanol–water partition coefficient (Wildman–Crippen LogP) is 3.14. The fourth-order valence-electron chi connectivity index (χ4n) is 2.51. The highest BCUT2D eigenvalue weighted by molar-refractivity contribution is 5.85. The number of aryl methyl sites for hydroxylation is 2. The highest BCUT2D eigenvalue weighted by Gasteiger charge is 2.10. The third-order valence-corrected chi connectivity index (χ3v) is 3.79. The van der Waals surface area contributed by atoms with Crippen LogP contribution in [0.25, 0.3) is 5.69 Å².